The lowest BCUT2D eigenvalue weighted by molar-refractivity contribution is 0.290. The summed E-state index contributed by atoms with van der Waals surface area (Å²) in [6, 6.07) is 10.9. The fourth-order valence-electron chi connectivity index (χ4n) is 3.04. The number of rotatable bonds is 5. The van der Waals surface area contributed by atoms with Crippen LogP contribution in [0.15, 0.2) is 30.3 Å². The van der Waals surface area contributed by atoms with Crippen molar-refractivity contribution >= 4 is 10.9 Å². The molecule has 0 aliphatic carbocycles. The normalized spacial score (nSPS) is 18.5. The van der Waals surface area contributed by atoms with Crippen LogP contribution in [-0.4, -0.2) is 43.2 Å². The molecule has 1 N–H and O–H groups in total. The Morgan fingerprint density at radius 2 is 2.24 bits per heavy atom. The summed E-state index contributed by atoms with van der Waals surface area (Å²) in [5.41, 5.74) is 2.04. The molecule has 1 aliphatic heterocycles. The van der Waals surface area contributed by atoms with Crippen molar-refractivity contribution in [3.63, 3.8) is 0 Å². The Labute approximate surface area is 126 Å². The number of benzene rings is 1. The number of hydrogen-bond donors (Lipinski definition) is 1. The van der Waals surface area contributed by atoms with E-state index in [2.05, 4.69) is 35.5 Å². The summed E-state index contributed by atoms with van der Waals surface area (Å²) in [4.78, 5) is 7.11. The largest absolute Gasteiger partial charge is 0.494 e. The van der Waals surface area contributed by atoms with Gasteiger partial charge < -0.3 is 10.1 Å². The second-order valence-electron chi connectivity index (χ2n) is 5.82. The van der Waals surface area contributed by atoms with Gasteiger partial charge in [0, 0.05) is 24.5 Å². The Kier molecular flexibility index (Phi) is 4.36. The first-order valence-corrected chi connectivity index (χ1v) is 7.61. The van der Waals surface area contributed by atoms with E-state index in [1.54, 1.807) is 7.11 Å². The Morgan fingerprint density at radius 3 is 3.00 bits per heavy atom. The smallest absolute Gasteiger partial charge is 0.145 e. The van der Waals surface area contributed by atoms with E-state index in [1.165, 1.54) is 12.8 Å². The standard InChI is InChI=1S/C17H23N3O/c1-20(11-14-6-4-10-18-14)12-15-9-8-13-5-3-7-16(21-2)17(13)19-15/h3,5,7-9,14,18H,4,6,10-12H2,1-2H3. The van der Waals surface area contributed by atoms with Gasteiger partial charge in [-0.3, -0.25) is 4.90 Å². The lowest BCUT2D eigenvalue weighted by Crippen LogP contribution is -2.35. The summed E-state index contributed by atoms with van der Waals surface area (Å²) in [5, 5.41) is 4.66. The zero-order valence-corrected chi connectivity index (χ0v) is 12.8. The number of ether oxygens (including phenoxy) is 1. The van der Waals surface area contributed by atoms with E-state index >= 15 is 0 Å². The van der Waals surface area contributed by atoms with Crippen molar-refractivity contribution in [1.29, 1.82) is 0 Å². The maximum atomic E-state index is 5.41. The summed E-state index contributed by atoms with van der Waals surface area (Å²) in [6.45, 7) is 3.10. The van der Waals surface area contributed by atoms with E-state index in [4.69, 9.17) is 9.72 Å². The molecule has 1 unspecified atom stereocenters. The van der Waals surface area contributed by atoms with Crippen molar-refractivity contribution in [2.24, 2.45) is 0 Å². The minimum atomic E-state index is 0.630. The van der Waals surface area contributed by atoms with Gasteiger partial charge in [-0.1, -0.05) is 18.2 Å². The van der Waals surface area contributed by atoms with Crippen LogP contribution in [0.5, 0.6) is 5.75 Å². The minimum Gasteiger partial charge on any atom is -0.494 e. The molecule has 1 aromatic carbocycles. The Balaban J connectivity index is 1.74. The molecule has 2 heterocycles. The fourth-order valence-corrected chi connectivity index (χ4v) is 3.04. The van der Waals surface area contributed by atoms with Crippen LogP contribution in [0.2, 0.25) is 0 Å². The molecular formula is C17H23N3O. The van der Waals surface area contributed by atoms with Crippen molar-refractivity contribution in [3.8, 4) is 5.75 Å². The molecule has 4 nitrogen and oxygen atoms in total. The number of pyridine rings is 1. The third kappa shape index (κ3) is 3.34. The summed E-state index contributed by atoms with van der Waals surface area (Å²) in [7, 11) is 3.86. The van der Waals surface area contributed by atoms with E-state index in [9.17, 15) is 0 Å². The summed E-state index contributed by atoms with van der Waals surface area (Å²) in [6.07, 6.45) is 2.58. The van der Waals surface area contributed by atoms with Crippen molar-refractivity contribution in [2.75, 3.05) is 27.2 Å². The topological polar surface area (TPSA) is 37.4 Å². The van der Waals surface area contributed by atoms with E-state index < -0.39 is 0 Å². The number of fused-ring (bicyclic) bond motifs is 1. The van der Waals surface area contributed by atoms with Crippen LogP contribution in [0, 0.1) is 0 Å². The molecule has 1 saturated heterocycles. The highest BCUT2D eigenvalue weighted by Crippen LogP contribution is 2.23. The number of nitrogens with one attached hydrogen (secondary N) is 1. The summed E-state index contributed by atoms with van der Waals surface area (Å²) in [5.74, 6) is 0.842. The van der Waals surface area contributed by atoms with Crippen molar-refractivity contribution < 1.29 is 4.74 Å². The first-order chi connectivity index (χ1) is 10.3. The zero-order chi connectivity index (χ0) is 14.7. The van der Waals surface area contributed by atoms with E-state index in [0.29, 0.717) is 6.04 Å². The molecule has 1 fully saturated rings. The molecule has 3 rings (SSSR count). The highest BCUT2D eigenvalue weighted by molar-refractivity contribution is 5.84. The quantitative estimate of drug-likeness (QED) is 0.915. The lowest BCUT2D eigenvalue weighted by atomic mass is 10.1. The molecule has 112 valence electrons. The molecule has 0 amide bonds. The molecule has 0 bridgehead atoms. The van der Waals surface area contributed by atoms with Gasteiger partial charge in [0.15, 0.2) is 0 Å². The predicted octanol–water partition coefficient (Wildman–Crippen LogP) is 2.43. The van der Waals surface area contributed by atoms with Gasteiger partial charge in [0.05, 0.1) is 12.8 Å². The number of likely N-dealkylation sites (N-methyl/N-ethyl adjacent to an activating group) is 1. The number of aromatic nitrogens is 1. The Hall–Kier alpha value is -1.65. The average Bonchev–Trinajstić information content (AvgIpc) is 2.99. The van der Waals surface area contributed by atoms with Gasteiger partial charge in [-0.2, -0.15) is 0 Å². The lowest BCUT2D eigenvalue weighted by Gasteiger charge is -2.20. The Bertz CT molecular complexity index is 608. The highest BCUT2D eigenvalue weighted by Gasteiger charge is 2.16. The van der Waals surface area contributed by atoms with Gasteiger partial charge in [-0.05, 0) is 38.6 Å². The molecule has 2 aromatic rings. The number of hydrogen-bond acceptors (Lipinski definition) is 4. The van der Waals surface area contributed by atoms with E-state index in [1.807, 2.05) is 12.1 Å². The second kappa shape index (κ2) is 6.41. The SMILES string of the molecule is COc1cccc2ccc(CN(C)CC3CCCN3)nc12. The molecule has 0 radical (unpaired) electrons. The second-order valence-corrected chi connectivity index (χ2v) is 5.82. The van der Waals surface area contributed by atoms with Gasteiger partial charge in [0.2, 0.25) is 0 Å². The van der Waals surface area contributed by atoms with Gasteiger partial charge >= 0.3 is 0 Å². The van der Waals surface area contributed by atoms with Gasteiger partial charge in [0.25, 0.3) is 0 Å². The first-order valence-electron chi connectivity index (χ1n) is 7.61. The first kappa shape index (κ1) is 14.3. The highest BCUT2D eigenvalue weighted by atomic mass is 16.5. The van der Waals surface area contributed by atoms with Crippen LogP contribution < -0.4 is 10.1 Å². The van der Waals surface area contributed by atoms with E-state index in [0.717, 1.165) is 42.0 Å². The van der Waals surface area contributed by atoms with Crippen LogP contribution in [0.25, 0.3) is 10.9 Å². The third-order valence-corrected chi connectivity index (χ3v) is 4.09. The molecule has 1 aliphatic rings. The molecule has 1 atom stereocenters. The molecule has 0 saturated carbocycles. The number of para-hydroxylation sites is 1. The number of methoxy groups -OCH3 is 1. The maximum absolute atomic E-state index is 5.41. The third-order valence-electron chi connectivity index (χ3n) is 4.09. The Morgan fingerprint density at radius 1 is 1.33 bits per heavy atom. The number of nitrogens with zero attached hydrogens (tertiary/aromatic N) is 2. The van der Waals surface area contributed by atoms with E-state index in [-0.39, 0.29) is 0 Å². The van der Waals surface area contributed by atoms with Crippen molar-refractivity contribution in [2.45, 2.75) is 25.4 Å². The van der Waals surface area contributed by atoms with Crippen LogP contribution in [0.3, 0.4) is 0 Å². The summed E-state index contributed by atoms with van der Waals surface area (Å²) < 4.78 is 5.41. The van der Waals surface area contributed by atoms with Crippen molar-refractivity contribution in [1.82, 2.24) is 15.2 Å². The fraction of sp³-hybridized carbons (Fsp3) is 0.471. The van der Waals surface area contributed by atoms with Gasteiger partial charge in [-0.15, -0.1) is 0 Å². The van der Waals surface area contributed by atoms with Gasteiger partial charge in [-0.25, -0.2) is 4.98 Å². The average molecular weight is 285 g/mol. The molecule has 1 aromatic heterocycles. The minimum absolute atomic E-state index is 0.630. The molecule has 21 heavy (non-hydrogen) atoms. The van der Waals surface area contributed by atoms with Crippen LogP contribution >= 0.6 is 0 Å². The maximum Gasteiger partial charge on any atom is 0.145 e. The molecule has 0 spiro atoms. The molecular weight excluding hydrogens is 262 g/mol. The van der Waals surface area contributed by atoms with Crippen LogP contribution in [0.4, 0.5) is 0 Å². The van der Waals surface area contributed by atoms with Crippen LogP contribution in [-0.2, 0) is 6.54 Å². The zero-order valence-electron chi connectivity index (χ0n) is 12.8. The monoisotopic (exact) mass is 285 g/mol. The van der Waals surface area contributed by atoms with Gasteiger partial charge in [0.1, 0.15) is 11.3 Å². The summed E-state index contributed by atoms with van der Waals surface area (Å²) >= 11 is 0. The van der Waals surface area contributed by atoms with Crippen molar-refractivity contribution in [3.05, 3.63) is 36.0 Å². The molecule has 4 heteroatoms. The predicted molar refractivity (Wildman–Crippen MR) is 85.7 cm³/mol. The van der Waals surface area contributed by atoms with Crippen LogP contribution in [0.1, 0.15) is 18.5 Å².